The SMILES string of the molecule is CCOc1ccc(NC(=O)[C@@H]2[C@H]3C(=O)N([C@H](C)CO)C(C(=O)Nc4ccc5ccccc5c4)C34CC(C)[C@@]2(C)O4)cc1. The molecule has 3 N–H and O–H groups in total. The molecular formula is C33H37N3O6. The molecule has 3 fully saturated rings. The Morgan fingerprint density at radius 1 is 1.05 bits per heavy atom. The quantitative estimate of drug-likeness (QED) is 0.373. The molecule has 3 saturated heterocycles. The zero-order valence-corrected chi connectivity index (χ0v) is 24.3. The second kappa shape index (κ2) is 10.4. The van der Waals surface area contributed by atoms with Crippen LogP contribution in [0.4, 0.5) is 11.4 Å². The molecule has 2 bridgehead atoms. The lowest BCUT2D eigenvalue weighted by molar-refractivity contribution is -0.147. The highest BCUT2D eigenvalue weighted by molar-refractivity contribution is 6.06. The van der Waals surface area contributed by atoms with Crippen molar-refractivity contribution in [3.8, 4) is 5.75 Å². The number of fused-ring (bicyclic) bond motifs is 2. The van der Waals surface area contributed by atoms with Crippen LogP contribution in [0.5, 0.6) is 5.75 Å². The van der Waals surface area contributed by atoms with Gasteiger partial charge >= 0.3 is 0 Å². The minimum atomic E-state index is -1.21. The van der Waals surface area contributed by atoms with Crippen LogP contribution in [-0.2, 0) is 19.1 Å². The maximum atomic E-state index is 14.2. The molecule has 3 amide bonds. The summed E-state index contributed by atoms with van der Waals surface area (Å²) in [6, 6.07) is 18.9. The Labute approximate surface area is 245 Å². The van der Waals surface area contributed by atoms with Gasteiger partial charge in [0.05, 0.1) is 36.7 Å². The lowest BCUT2D eigenvalue weighted by Gasteiger charge is -2.36. The highest BCUT2D eigenvalue weighted by Gasteiger charge is 2.80. The molecule has 0 saturated carbocycles. The van der Waals surface area contributed by atoms with E-state index in [-0.39, 0.29) is 24.3 Å². The van der Waals surface area contributed by atoms with Crippen LogP contribution in [0, 0.1) is 17.8 Å². The average molecular weight is 572 g/mol. The van der Waals surface area contributed by atoms with Crippen molar-refractivity contribution >= 4 is 39.9 Å². The number of amides is 3. The third-order valence-corrected chi connectivity index (χ3v) is 9.47. The number of ether oxygens (including phenoxy) is 2. The molecule has 3 aliphatic heterocycles. The molecule has 42 heavy (non-hydrogen) atoms. The smallest absolute Gasteiger partial charge is 0.250 e. The summed E-state index contributed by atoms with van der Waals surface area (Å²) >= 11 is 0. The van der Waals surface area contributed by atoms with E-state index in [2.05, 4.69) is 10.6 Å². The molecule has 220 valence electrons. The zero-order chi connectivity index (χ0) is 29.8. The number of anilines is 2. The highest BCUT2D eigenvalue weighted by Crippen LogP contribution is 2.65. The summed E-state index contributed by atoms with van der Waals surface area (Å²) in [6.07, 6.45) is 0.442. The van der Waals surface area contributed by atoms with Gasteiger partial charge in [0.15, 0.2) is 0 Å². The van der Waals surface area contributed by atoms with Gasteiger partial charge in [-0.05, 0) is 80.3 Å². The summed E-state index contributed by atoms with van der Waals surface area (Å²) in [5.74, 6) is -2.19. The Morgan fingerprint density at radius 3 is 2.40 bits per heavy atom. The third-order valence-electron chi connectivity index (χ3n) is 9.47. The largest absolute Gasteiger partial charge is 0.494 e. The van der Waals surface area contributed by atoms with E-state index in [1.54, 1.807) is 31.2 Å². The number of carbonyl (C=O) groups is 3. The molecule has 3 unspecified atom stereocenters. The Morgan fingerprint density at radius 2 is 1.71 bits per heavy atom. The van der Waals surface area contributed by atoms with E-state index in [1.165, 1.54) is 4.90 Å². The van der Waals surface area contributed by atoms with Crippen molar-refractivity contribution in [2.24, 2.45) is 17.8 Å². The predicted octanol–water partition coefficient (Wildman–Crippen LogP) is 4.21. The summed E-state index contributed by atoms with van der Waals surface area (Å²) in [6.45, 7) is 7.69. The second-order valence-electron chi connectivity index (χ2n) is 12.0. The van der Waals surface area contributed by atoms with Crippen LogP contribution in [-0.4, -0.2) is 64.2 Å². The van der Waals surface area contributed by atoms with Crippen molar-refractivity contribution in [3.05, 3.63) is 66.7 Å². The van der Waals surface area contributed by atoms with Gasteiger partial charge in [-0.15, -0.1) is 0 Å². The van der Waals surface area contributed by atoms with Crippen LogP contribution in [0.2, 0.25) is 0 Å². The monoisotopic (exact) mass is 571 g/mol. The zero-order valence-electron chi connectivity index (χ0n) is 24.3. The van der Waals surface area contributed by atoms with Crippen LogP contribution in [0.3, 0.4) is 0 Å². The Bertz CT molecular complexity index is 1540. The number of aliphatic hydroxyl groups is 1. The fraction of sp³-hybridized carbons (Fsp3) is 0.424. The minimum Gasteiger partial charge on any atom is -0.494 e. The minimum absolute atomic E-state index is 0.0991. The van der Waals surface area contributed by atoms with Crippen LogP contribution < -0.4 is 15.4 Å². The number of nitrogens with one attached hydrogen (secondary N) is 2. The highest BCUT2D eigenvalue weighted by atomic mass is 16.5. The maximum Gasteiger partial charge on any atom is 0.250 e. The fourth-order valence-electron chi connectivity index (χ4n) is 7.44. The molecule has 7 atom stereocenters. The van der Waals surface area contributed by atoms with Crippen molar-refractivity contribution in [3.63, 3.8) is 0 Å². The Kier molecular flexibility index (Phi) is 6.98. The molecular weight excluding hydrogens is 534 g/mol. The number of hydrogen-bond donors (Lipinski definition) is 3. The number of rotatable bonds is 8. The first-order chi connectivity index (χ1) is 20.1. The van der Waals surface area contributed by atoms with Crippen molar-refractivity contribution < 1.29 is 29.0 Å². The Hall–Kier alpha value is -3.95. The van der Waals surface area contributed by atoms with Crippen LogP contribution >= 0.6 is 0 Å². The summed E-state index contributed by atoms with van der Waals surface area (Å²) in [5, 5.41) is 18.1. The molecule has 3 aromatic rings. The molecule has 3 heterocycles. The number of likely N-dealkylation sites (tertiary alicyclic amines) is 1. The molecule has 9 nitrogen and oxygen atoms in total. The third kappa shape index (κ3) is 4.25. The van der Waals surface area contributed by atoms with Gasteiger partial charge in [0, 0.05) is 11.4 Å². The first kappa shape index (κ1) is 28.2. The van der Waals surface area contributed by atoms with Crippen LogP contribution in [0.1, 0.15) is 34.1 Å². The number of aliphatic hydroxyl groups excluding tert-OH is 1. The molecule has 0 aliphatic carbocycles. The topological polar surface area (TPSA) is 117 Å². The van der Waals surface area contributed by atoms with Crippen LogP contribution in [0.15, 0.2) is 66.7 Å². The summed E-state index contributed by atoms with van der Waals surface area (Å²) in [5.41, 5.74) is -0.991. The summed E-state index contributed by atoms with van der Waals surface area (Å²) in [4.78, 5) is 43.7. The van der Waals surface area contributed by atoms with Gasteiger partial charge < -0.3 is 30.1 Å². The lowest BCUT2D eigenvalue weighted by Crippen LogP contribution is -2.56. The van der Waals surface area contributed by atoms with E-state index in [4.69, 9.17) is 9.47 Å². The van der Waals surface area contributed by atoms with E-state index in [0.717, 1.165) is 10.8 Å². The predicted molar refractivity (Wildman–Crippen MR) is 159 cm³/mol. The first-order valence-electron chi connectivity index (χ1n) is 14.6. The molecule has 3 aromatic carbocycles. The van der Waals surface area contributed by atoms with Gasteiger partial charge in [-0.2, -0.15) is 0 Å². The standard InChI is InChI=1S/C33H37N3O6/c1-5-41-25-14-12-23(13-15-25)34-29(38)26-27-31(40)36(20(3)18-37)28(33(27)17-19(2)32(26,4)42-33)30(39)35-24-11-10-21-8-6-7-9-22(21)16-24/h6-16,19-20,26-28,37H,5,17-18H2,1-4H3,(H,34,38)(H,35,39)/t19?,20-,26+,27+,28?,32-,33?/m1/s1. The molecule has 0 radical (unpaired) electrons. The lowest BCUT2D eigenvalue weighted by atomic mass is 9.62. The molecule has 3 aliphatic rings. The molecule has 9 heteroatoms. The first-order valence-corrected chi connectivity index (χ1v) is 14.6. The van der Waals surface area contributed by atoms with Gasteiger partial charge in [-0.25, -0.2) is 0 Å². The van der Waals surface area contributed by atoms with Gasteiger partial charge in [-0.1, -0.05) is 37.3 Å². The van der Waals surface area contributed by atoms with E-state index >= 15 is 0 Å². The van der Waals surface area contributed by atoms with Gasteiger partial charge in [0.25, 0.3) is 0 Å². The molecule has 1 spiro atoms. The number of carbonyl (C=O) groups excluding carboxylic acids is 3. The maximum absolute atomic E-state index is 14.2. The van der Waals surface area contributed by atoms with E-state index < -0.39 is 41.0 Å². The fourth-order valence-corrected chi connectivity index (χ4v) is 7.44. The number of nitrogens with zero attached hydrogens (tertiary/aromatic N) is 1. The van der Waals surface area contributed by atoms with Crippen molar-refractivity contribution in [1.29, 1.82) is 0 Å². The van der Waals surface area contributed by atoms with E-state index in [1.807, 2.05) is 63.2 Å². The van der Waals surface area contributed by atoms with E-state index in [0.29, 0.717) is 30.2 Å². The Balaban J connectivity index is 1.34. The summed E-state index contributed by atoms with van der Waals surface area (Å²) < 4.78 is 12.3. The number of benzene rings is 3. The van der Waals surface area contributed by atoms with Gasteiger partial charge in [0.1, 0.15) is 17.4 Å². The van der Waals surface area contributed by atoms with Crippen molar-refractivity contribution in [1.82, 2.24) is 4.90 Å². The van der Waals surface area contributed by atoms with Gasteiger partial charge in [0.2, 0.25) is 17.7 Å². The number of hydrogen-bond acceptors (Lipinski definition) is 6. The van der Waals surface area contributed by atoms with E-state index in [9.17, 15) is 19.5 Å². The van der Waals surface area contributed by atoms with Crippen molar-refractivity contribution in [2.75, 3.05) is 23.8 Å². The normalized spacial score (nSPS) is 30.3. The second-order valence-corrected chi connectivity index (χ2v) is 12.0. The average Bonchev–Trinajstić information content (AvgIpc) is 3.50. The van der Waals surface area contributed by atoms with Crippen LogP contribution in [0.25, 0.3) is 10.8 Å². The van der Waals surface area contributed by atoms with Gasteiger partial charge in [-0.3, -0.25) is 14.4 Å². The molecule has 0 aromatic heterocycles. The summed E-state index contributed by atoms with van der Waals surface area (Å²) in [7, 11) is 0. The van der Waals surface area contributed by atoms with Crippen molar-refractivity contribution in [2.45, 2.75) is 57.4 Å². The molecule has 6 rings (SSSR count).